The van der Waals surface area contributed by atoms with Crippen molar-refractivity contribution >= 4 is 23.4 Å². The van der Waals surface area contributed by atoms with Crippen LogP contribution in [0, 0.1) is 16.7 Å². The van der Waals surface area contributed by atoms with Crippen LogP contribution in [-0.4, -0.2) is 81.0 Å². The van der Waals surface area contributed by atoms with E-state index in [9.17, 15) is 14.7 Å². The molecule has 1 saturated carbocycles. The molecule has 0 radical (unpaired) electrons. The maximum Gasteiger partial charge on any atom is 0.231 e. The molecule has 1 aromatic rings. The van der Waals surface area contributed by atoms with Gasteiger partial charge in [0.15, 0.2) is 0 Å². The first kappa shape index (κ1) is 32.3. The predicted molar refractivity (Wildman–Crippen MR) is 167 cm³/mol. The van der Waals surface area contributed by atoms with E-state index >= 15 is 0 Å². The minimum absolute atomic E-state index is 0.00724. The Morgan fingerprint density at radius 1 is 0.902 bits per heavy atom. The highest BCUT2D eigenvalue weighted by Crippen LogP contribution is 2.42. The molecule has 0 bridgehead atoms. The molecule has 41 heavy (non-hydrogen) atoms. The van der Waals surface area contributed by atoms with Crippen LogP contribution in [0.15, 0.2) is 24.3 Å². The van der Waals surface area contributed by atoms with Gasteiger partial charge >= 0.3 is 0 Å². The number of likely N-dealkylation sites (tertiary alicyclic amines) is 2. The molecule has 1 unspecified atom stereocenters. The summed E-state index contributed by atoms with van der Waals surface area (Å²) in [6.45, 7) is 21.2. The lowest BCUT2D eigenvalue weighted by Gasteiger charge is -2.47. The summed E-state index contributed by atoms with van der Waals surface area (Å²) in [6, 6.07) is 8.08. The van der Waals surface area contributed by atoms with Crippen LogP contribution in [0.25, 0.3) is 0 Å². The molecular formula is C34H54ClN3O3. The Morgan fingerprint density at radius 3 is 2.02 bits per heavy atom. The van der Waals surface area contributed by atoms with Gasteiger partial charge in [0.05, 0.1) is 23.0 Å². The third kappa shape index (κ3) is 6.80. The molecule has 2 aliphatic heterocycles. The Balaban J connectivity index is 1.57. The third-order valence-electron chi connectivity index (χ3n) is 10.8. The molecule has 0 spiro atoms. The monoisotopic (exact) mass is 587 g/mol. The predicted octanol–water partition coefficient (Wildman–Crippen LogP) is 6.35. The van der Waals surface area contributed by atoms with Crippen LogP contribution in [0.5, 0.6) is 0 Å². The lowest BCUT2D eigenvalue weighted by Crippen LogP contribution is -2.59. The van der Waals surface area contributed by atoms with Gasteiger partial charge in [0.1, 0.15) is 0 Å². The Bertz CT molecular complexity index is 1090. The molecule has 2 amide bonds. The van der Waals surface area contributed by atoms with E-state index in [1.54, 1.807) is 13.8 Å². The summed E-state index contributed by atoms with van der Waals surface area (Å²) in [5.41, 5.74) is -0.684. The first-order valence-electron chi connectivity index (χ1n) is 15.7. The summed E-state index contributed by atoms with van der Waals surface area (Å²) >= 11 is 6.20. The quantitative estimate of drug-likeness (QED) is 0.421. The number of nitrogens with zero attached hydrogens (tertiary/aromatic N) is 3. The van der Waals surface area contributed by atoms with Crippen molar-refractivity contribution < 1.29 is 14.7 Å². The van der Waals surface area contributed by atoms with Crippen LogP contribution >= 0.6 is 11.6 Å². The fraction of sp³-hybridized carbons (Fsp3) is 0.765. The lowest BCUT2D eigenvalue weighted by atomic mass is 9.72. The van der Waals surface area contributed by atoms with Gasteiger partial charge in [-0.3, -0.25) is 14.5 Å². The molecule has 1 aromatic carbocycles. The number of hydrogen-bond acceptors (Lipinski definition) is 4. The van der Waals surface area contributed by atoms with Crippen molar-refractivity contribution in [1.82, 2.24) is 14.7 Å². The van der Waals surface area contributed by atoms with Crippen LogP contribution in [0.1, 0.15) is 106 Å². The average molecular weight is 588 g/mol. The van der Waals surface area contributed by atoms with Crippen molar-refractivity contribution in [3.05, 3.63) is 34.9 Å². The Hall–Kier alpha value is -1.63. The average Bonchev–Trinajstić information content (AvgIpc) is 3.53. The lowest BCUT2D eigenvalue weighted by molar-refractivity contribution is -0.160. The van der Waals surface area contributed by atoms with Crippen LogP contribution in [0.4, 0.5) is 0 Å². The van der Waals surface area contributed by atoms with Crippen LogP contribution < -0.4 is 0 Å². The van der Waals surface area contributed by atoms with Gasteiger partial charge in [0.2, 0.25) is 11.8 Å². The van der Waals surface area contributed by atoms with E-state index < -0.39 is 11.0 Å². The number of hydrogen-bond donors (Lipinski definition) is 1. The second-order valence-corrected chi connectivity index (χ2v) is 16.3. The normalized spacial score (nSPS) is 26.4. The first-order chi connectivity index (χ1) is 18.8. The molecule has 6 nitrogen and oxygen atoms in total. The van der Waals surface area contributed by atoms with E-state index in [0.717, 1.165) is 50.8 Å². The van der Waals surface area contributed by atoms with Crippen LogP contribution in [0.2, 0.25) is 5.02 Å². The number of carbonyl (C=O) groups excluding carboxylic acids is 2. The fourth-order valence-electron chi connectivity index (χ4n) is 6.93. The van der Waals surface area contributed by atoms with Gasteiger partial charge < -0.3 is 14.9 Å². The molecule has 1 aliphatic carbocycles. The summed E-state index contributed by atoms with van der Waals surface area (Å²) < 4.78 is 0. The summed E-state index contributed by atoms with van der Waals surface area (Å²) in [5.74, 6) is 0.165. The van der Waals surface area contributed by atoms with Crippen LogP contribution in [0.3, 0.4) is 0 Å². The summed E-state index contributed by atoms with van der Waals surface area (Å²) in [7, 11) is 0. The van der Waals surface area contributed by atoms with E-state index in [-0.39, 0.29) is 46.7 Å². The standard InChI is InChI=1S/C34H54ClN3O3/c1-31(2,3)37-21-27(23-10-12-24(35)13-11-23)28(22-37)29(39)36-19-16-26(20-36)38(25-14-17-32(4,5)18-15-25)30(40)33(6,7)34(8,9)41/h10-13,25-28,41H,14-22H2,1-9H3/t26-,27-,28?/m0/s1. The van der Waals surface area contributed by atoms with Gasteiger partial charge in [0, 0.05) is 48.7 Å². The van der Waals surface area contributed by atoms with Gasteiger partial charge in [0.25, 0.3) is 0 Å². The maximum absolute atomic E-state index is 14.3. The molecular weight excluding hydrogens is 534 g/mol. The Labute approximate surface area is 253 Å². The van der Waals surface area contributed by atoms with Gasteiger partial charge in [-0.15, -0.1) is 0 Å². The zero-order valence-corrected chi connectivity index (χ0v) is 27.7. The van der Waals surface area contributed by atoms with E-state index in [2.05, 4.69) is 56.6 Å². The molecule has 2 heterocycles. The van der Waals surface area contributed by atoms with Gasteiger partial charge in [-0.1, -0.05) is 37.6 Å². The molecule has 3 fully saturated rings. The zero-order valence-electron chi connectivity index (χ0n) is 27.0. The molecule has 7 heteroatoms. The van der Waals surface area contributed by atoms with E-state index in [0.29, 0.717) is 18.1 Å². The molecule has 3 aliphatic rings. The van der Waals surface area contributed by atoms with Crippen molar-refractivity contribution in [2.75, 3.05) is 26.2 Å². The number of benzene rings is 1. The number of rotatable bonds is 6. The van der Waals surface area contributed by atoms with Crippen LogP contribution in [-0.2, 0) is 9.59 Å². The SMILES string of the molecule is CC1(C)CCC(N(C(=O)C(C)(C)C(C)(C)O)[C@H]2CCN(C(=O)C3CN(C(C)(C)C)C[C@H]3c3ccc(Cl)cc3)C2)CC1. The topological polar surface area (TPSA) is 64.1 Å². The van der Waals surface area contributed by atoms with Crippen molar-refractivity contribution in [2.45, 2.75) is 124 Å². The van der Waals surface area contributed by atoms with Crippen molar-refractivity contribution in [2.24, 2.45) is 16.7 Å². The molecule has 0 aromatic heterocycles. The minimum Gasteiger partial charge on any atom is -0.389 e. The number of amides is 2. The molecule has 3 atom stereocenters. The Kier molecular flexibility index (Phi) is 9.03. The molecule has 230 valence electrons. The third-order valence-corrected chi connectivity index (χ3v) is 11.0. The van der Waals surface area contributed by atoms with Crippen molar-refractivity contribution in [3.63, 3.8) is 0 Å². The van der Waals surface area contributed by atoms with E-state index in [1.807, 2.05) is 30.9 Å². The molecule has 1 N–H and O–H groups in total. The smallest absolute Gasteiger partial charge is 0.231 e. The molecule has 2 saturated heterocycles. The van der Waals surface area contributed by atoms with Gasteiger partial charge in [-0.2, -0.15) is 0 Å². The first-order valence-corrected chi connectivity index (χ1v) is 16.0. The minimum atomic E-state index is -1.16. The summed E-state index contributed by atoms with van der Waals surface area (Å²) in [5, 5.41) is 11.7. The highest BCUT2D eigenvalue weighted by atomic mass is 35.5. The largest absolute Gasteiger partial charge is 0.389 e. The summed E-state index contributed by atoms with van der Waals surface area (Å²) in [4.78, 5) is 35.1. The van der Waals surface area contributed by atoms with Gasteiger partial charge in [-0.05, 0) is 104 Å². The van der Waals surface area contributed by atoms with Gasteiger partial charge in [-0.25, -0.2) is 0 Å². The second kappa shape index (κ2) is 11.5. The number of aliphatic hydroxyl groups is 1. The Morgan fingerprint density at radius 2 is 1.49 bits per heavy atom. The van der Waals surface area contributed by atoms with E-state index in [4.69, 9.17) is 11.6 Å². The number of halogens is 1. The van der Waals surface area contributed by atoms with Crippen molar-refractivity contribution in [3.8, 4) is 0 Å². The zero-order chi connectivity index (χ0) is 30.5. The number of carbonyl (C=O) groups is 2. The highest BCUT2D eigenvalue weighted by Gasteiger charge is 2.50. The van der Waals surface area contributed by atoms with Crippen molar-refractivity contribution in [1.29, 1.82) is 0 Å². The summed E-state index contributed by atoms with van der Waals surface area (Å²) in [6.07, 6.45) is 4.86. The van der Waals surface area contributed by atoms with E-state index in [1.165, 1.54) is 0 Å². The highest BCUT2D eigenvalue weighted by molar-refractivity contribution is 6.30. The maximum atomic E-state index is 14.3. The fourth-order valence-corrected chi connectivity index (χ4v) is 7.06. The molecule has 4 rings (SSSR count). The second-order valence-electron chi connectivity index (χ2n) is 15.9.